The number of hydrogen-bond donors (Lipinski definition) is 2. The highest BCUT2D eigenvalue weighted by Crippen LogP contribution is 2.30. The normalized spacial score (nSPS) is 19.0. The Labute approximate surface area is 201 Å². The van der Waals surface area contributed by atoms with Gasteiger partial charge in [-0.1, -0.05) is 29.8 Å². The van der Waals surface area contributed by atoms with Gasteiger partial charge in [0, 0.05) is 38.4 Å². The lowest BCUT2D eigenvalue weighted by molar-refractivity contribution is -0.139. The topological polar surface area (TPSA) is 73.9 Å². The molecular formula is C24H25ClF2N4O3. The van der Waals surface area contributed by atoms with Gasteiger partial charge < -0.3 is 20.3 Å². The number of anilines is 1. The van der Waals surface area contributed by atoms with Crippen LogP contribution in [0.2, 0.25) is 5.02 Å². The molecule has 1 atom stereocenters. The fourth-order valence-corrected chi connectivity index (χ4v) is 4.47. The molecule has 10 heteroatoms. The van der Waals surface area contributed by atoms with Crippen LogP contribution in [0.1, 0.15) is 18.5 Å². The molecule has 7 nitrogen and oxygen atoms in total. The van der Waals surface area contributed by atoms with Crippen LogP contribution in [0.15, 0.2) is 53.7 Å². The molecule has 1 unspecified atom stereocenters. The second-order valence-electron chi connectivity index (χ2n) is 8.03. The fourth-order valence-electron chi connectivity index (χ4n) is 4.21. The van der Waals surface area contributed by atoms with Gasteiger partial charge in [-0.25, -0.2) is 18.4 Å². The first-order valence-electron chi connectivity index (χ1n) is 11.0. The lowest BCUT2D eigenvalue weighted by Gasteiger charge is -2.38. The fraction of sp³-hybridized carbons (Fsp3) is 0.333. The van der Waals surface area contributed by atoms with Crippen LogP contribution < -0.4 is 15.5 Å². The summed E-state index contributed by atoms with van der Waals surface area (Å²) in [7, 11) is 0. The Hall–Kier alpha value is -3.17. The van der Waals surface area contributed by atoms with E-state index in [-0.39, 0.29) is 24.3 Å². The molecule has 0 aromatic heterocycles. The minimum Gasteiger partial charge on any atom is -0.463 e. The summed E-state index contributed by atoms with van der Waals surface area (Å²) >= 11 is 6.33. The van der Waals surface area contributed by atoms with Gasteiger partial charge in [0.25, 0.3) is 0 Å². The Morgan fingerprint density at radius 1 is 1.12 bits per heavy atom. The van der Waals surface area contributed by atoms with Gasteiger partial charge >= 0.3 is 12.0 Å². The zero-order valence-corrected chi connectivity index (χ0v) is 19.4. The van der Waals surface area contributed by atoms with Crippen LogP contribution in [-0.4, -0.2) is 56.2 Å². The number of carbonyl (C=O) groups excluding carboxylic acids is 2. The molecule has 2 N–H and O–H groups in total. The van der Waals surface area contributed by atoms with Crippen LogP contribution in [-0.2, 0) is 9.53 Å². The van der Waals surface area contributed by atoms with Crippen LogP contribution >= 0.6 is 11.6 Å². The zero-order chi connectivity index (χ0) is 24.2. The summed E-state index contributed by atoms with van der Waals surface area (Å²) in [5, 5.41) is 6.03. The van der Waals surface area contributed by atoms with Gasteiger partial charge in [0.05, 0.1) is 28.9 Å². The average molecular weight is 491 g/mol. The number of halogens is 3. The van der Waals surface area contributed by atoms with E-state index in [0.29, 0.717) is 36.9 Å². The van der Waals surface area contributed by atoms with E-state index in [1.54, 1.807) is 6.92 Å². The molecule has 0 radical (unpaired) electrons. The first-order valence-corrected chi connectivity index (χ1v) is 11.4. The van der Waals surface area contributed by atoms with Crippen molar-refractivity contribution in [1.29, 1.82) is 0 Å². The number of benzene rings is 2. The molecule has 4 rings (SSSR count). The number of amides is 2. The molecule has 2 heterocycles. The van der Waals surface area contributed by atoms with Crippen LogP contribution in [0.3, 0.4) is 0 Å². The molecule has 0 saturated carbocycles. The van der Waals surface area contributed by atoms with Crippen molar-refractivity contribution in [3.8, 4) is 0 Å². The molecule has 2 amide bonds. The molecule has 2 aromatic carbocycles. The van der Waals surface area contributed by atoms with Gasteiger partial charge in [-0.2, -0.15) is 0 Å². The third-order valence-electron chi connectivity index (χ3n) is 5.87. The lowest BCUT2D eigenvalue weighted by atomic mass is 9.94. The second kappa shape index (κ2) is 10.4. The highest BCUT2D eigenvalue weighted by molar-refractivity contribution is 6.33. The minimum atomic E-state index is -1.06. The number of nitrogens with one attached hydrogen (secondary N) is 2. The number of rotatable bonds is 6. The third kappa shape index (κ3) is 5.15. The quantitative estimate of drug-likeness (QED) is 0.605. The Morgan fingerprint density at radius 2 is 1.85 bits per heavy atom. The Bertz CT molecular complexity index is 1120. The van der Waals surface area contributed by atoms with Gasteiger partial charge in [0.1, 0.15) is 0 Å². The van der Waals surface area contributed by atoms with E-state index in [1.165, 1.54) is 6.07 Å². The van der Waals surface area contributed by atoms with E-state index in [0.717, 1.165) is 17.8 Å². The maximum Gasteiger partial charge on any atom is 0.338 e. The summed E-state index contributed by atoms with van der Waals surface area (Å²) in [5.74, 6) is -2.71. The van der Waals surface area contributed by atoms with Crippen molar-refractivity contribution in [1.82, 2.24) is 15.5 Å². The van der Waals surface area contributed by atoms with Gasteiger partial charge in [-0.05, 0) is 36.8 Å². The molecule has 0 aliphatic carbocycles. The van der Waals surface area contributed by atoms with Crippen LogP contribution in [0.25, 0.3) is 0 Å². The highest BCUT2D eigenvalue weighted by atomic mass is 35.5. The molecular weight excluding hydrogens is 466 g/mol. The SMILES string of the molecule is CCOC(=O)C1=C(CN2CCN(c3ccccc3Cl)CC2)NC(=O)NC1c1ccc(F)c(F)c1. The van der Waals surface area contributed by atoms with E-state index in [4.69, 9.17) is 16.3 Å². The Morgan fingerprint density at radius 3 is 2.53 bits per heavy atom. The Balaban J connectivity index is 1.58. The van der Waals surface area contributed by atoms with Gasteiger partial charge in [0.2, 0.25) is 0 Å². The monoisotopic (exact) mass is 490 g/mol. The molecule has 1 saturated heterocycles. The molecule has 34 heavy (non-hydrogen) atoms. The number of urea groups is 1. The highest BCUT2D eigenvalue weighted by Gasteiger charge is 2.35. The molecule has 2 aliphatic heterocycles. The number of ether oxygens (including phenoxy) is 1. The second-order valence-corrected chi connectivity index (χ2v) is 8.44. The van der Waals surface area contributed by atoms with Crippen LogP contribution in [0, 0.1) is 11.6 Å². The van der Waals surface area contributed by atoms with Gasteiger partial charge in [-0.3, -0.25) is 4.90 Å². The van der Waals surface area contributed by atoms with Crippen molar-refractivity contribution in [3.05, 3.63) is 76.0 Å². The molecule has 180 valence electrons. The minimum absolute atomic E-state index is 0.130. The largest absolute Gasteiger partial charge is 0.463 e. The standard InChI is InChI=1S/C24H25ClF2N4O3/c1-2-34-23(32)21-19(28-24(33)29-22(21)15-7-8-17(26)18(27)13-15)14-30-9-11-31(12-10-30)20-6-4-3-5-16(20)25/h3-8,13,22H,2,9-12,14H2,1H3,(H2,28,29,33). The zero-order valence-electron chi connectivity index (χ0n) is 18.6. The van der Waals surface area contributed by atoms with Crippen molar-refractivity contribution in [3.63, 3.8) is 0 Å². The first-order chi connectivity index (χ1) is 16.4. The van der Waals surface area contributed by atoms with Crippen molar-refractivity contribution in [2.24, 2.45) is 0 Å². The molecule has 1 fully saturated rings. The number of piperazine rings is 1. The number of carbonyl (C=O) groups is 2. The van der Waals surface area contributed by atoms with E-state index in [1.807, 2.05) is 24.3 Å². The van der Waals surface area contributed by atoms with Crippen LogP contribution in [0.5, 0.6) is 0 Å². The number of nitrogens with zero attached hydrogens (tertiary/aromatic N) is 2. The predicted molar refractivity (Wildman–Crippen MR) is 125 cm³/mol. The summed E-state index contributed by atoms with van der Waals surface area (Å²) in [6, 6.07) is 9.42. The number of esters is 1. The van der Waals surface area contributed by atoms with Crippen molar-refractivity contribution >= 4 is 29.3 Å². The van der Waals surface area contributed by atoms with E-state index in [9.17, 15) is 18.4 Å². The van der Waals surface area contributed by atoms with Crippen LogP contribution in [0.4, 0.5) is 19.3 Å². The third-order valence-corrected chi connectivity index (χ3v) is 6.19. The summed E-state index contributed by atoms with van der Waals surface area (Å²) in [6.07, 6.45) is 0. The Kier molecular flexibility index (Phi) is 7.33. The molecule has 2 aromatic rings. The predicted octanol–water partition coefficient (Wildman–Crippen LogP) is 3.61. The number of para-hydroxylation sites is 1. The summed E-state index contributed by atoms with van der Waals surface area (Å²) in [5.41, 5.74) is 1.76. The average Bonchev–Trinajstić information content (AvgIpc) is 2.81. The first kappa shape index (κ1) is 24.0. The molecule has 0 spiro atoms. The summed E-state index contributed by atoms with van der Waals surface area (Å²) < 4.78 is 32.6. The van der Waals surface area contributed by atoms with E-state index < -0.39 is 29.7 Å². The van der Waals surface area contributed by atoms with E-state index in [2.05, 4.69) is 20.4 Å². The number of hydrogen-bond acceptors (Lipinski definition) is 5. The maximum atomic E-state index is 13.9. The van der Waals surface area contributed by atoms with E-state index >= 15 is 0 Å². The smallest absolute Gasteiger partial charge is 0.338 e. The maximum absolute atomic E-state index is 13.9. The summed E-state index contributed by atoms with van der Waals surface area (Å²) in [4.78, 5) is 29.6. The molecule has 2 aliphatic rings. The van der Waals surface area contributed by atoms with Crippen molar-refractivity contribution in [2.75, 3.05) is 44.2 Å². The summed E-state index contributed by atoms with van der Waals surface area (Å²) in [6.45, 7) is 4.86. The molecule has 0 bridgehead atoms. The van der Waals surface area contributed by atoms with Gasteiger partial charge in [0.15, 0.2) is 11.6 Å². The van der Waals surface area contributed by atoms with Crippen molar-refractivity contribution in [2.45, 2.75) is 13.0 Å². The van der Waals surface area contributed by atoms with Crippen molar-refractivity contribution < 1.29 is 23.1 Å². The lowest BCUT2D eigenvalue weighted by Crippen LogP contribution is -2.51. The van der Waals surface area contributed by atoms with Gasteiger partial charge in [-0.15, -0.1) is 0 Å².